The summed E-state index contributed by atoms with van der Waals surface area (Å²) in [4.78, 5) is 29.4. The topological polar surface area (TPSA) is 86.3 Å². The molecule has 1 aromatic rings. The number of hydrogen-bond donors (Lipinski definition) is 2. The molecule has 2 aliphatic heterocycles. The summed E-state index contributed by atoms with van der Waals surface area (Å²) < 4.78 is 0. The van der Waals surface area contributed by atoms with E-state index in [4.69, 9.17) is 0 Å². The molecule has 0 radical (unpaired) electrons. The number of carbonyl (C=O) groups excluding carboxylic acids is 1. The molecular formula is C13H21N7O. The summed E-state index contributed by atoms with van der Waals surface area (Å²) in [6.07, 6.45) is 2.33. The third kappa shape index (κ3) is 2.70. The van der Waals surface area contributed by atoms with Gasteiger partial charge in [0.1, 0.15) is 6.04 Å². The number of amides is 1. The van der Waals surface area contributed by atoms with E-state index < -0.39 is 0 Å². The zero-order valence-electron chi connectivity index (χ0n) is 12.5. The van der Waals surface area contributed by atoms with Crippen LogP contribution in [0.4, 0.5) is 17.8 Å². The van der Waals surface area contributed by atoms with Crippen LogP contribution in [0.25, 0.3) is 0 Å². The number of carbonyl (C=O) groups is 1. The number of nitrogens with one attached hydrogen (secondary N) is 2. The van der Waals surface area contributed by atoms with Gasteiger partial charge in [-0.3, -0.25) is 4.79 Å². The van der Waals surface area contributed by atoms with Crippen LogP contribution in [0.1, 0.15) is 19.8 Å². The van der Waals surface area contributed by atoms with Crippen LogP contribution in [0.3, 0.4) is 0 Å². The van der Waals surface area contributed by atoms with Crippen molar-refractivity contribution >= 4 is 23.8 Å². The number of nitrogens with zero attached hydrogens (tertiary/aromatic N) is 5. The van der Waals surface area contributed by atoms with E-state index in [0.29, 0.717) is 30.9 Å². The minimum Gasteiger partial charge on any atom is -0.357 e. The highest BCUT2D eigenvalue weighted by molar-refractivity contribution is 5.85. The molecule has 2 saturated heterocycles. The van der Waals surface area contributed by atoms with E-state index in [1.54, 1.807) is 7.05 Å². The Labute approximate surface area is 124 Å². The maximum absolute atomic E-state index is 11.8. The summed E-state index contributed by atoms with van der Waals surface area (Å²) in [6, 6.07) is -0.266. The van der Waals surface area contributed by atoms with Crippen LogP contribution in [0, 0.1) is 0 Å². The van der Waals surface area contributed by atoms with Gasteiger partial charge >= 0.3 is 0 Å². The highest BCUT2D eigenvalue weighted by atomic mass is 16.2. The van der Waals surface area contributed by atoms with E-state index in [1.165, 1.54) is 12.8 Å². The van der Waals surface area contributed by atoms with Crippen molar-refractivity contribution in [2.45, 2.75) is 25.8 Å². The lowest BCUT2D eigenvalue weighted by molar-refractivity contribution is -0.122. The van der Waals surface area contributed by atoms with Gasteiger partial charge in [0.2, 0.25) is 23.8 Å². The Morgan fingerprint density at radius 3 is 2.57 bits per heavy atom. The molecule has 114 valence electrons. The number of piperazine rings is 1. The van der Waals surface area contributed by atoms with Gasteiger partial charge in [-0.2, -0.15) is 15.0 Å². The molecule has 2 aliphatic rings. The predicted molar refractivity (Wildman–Crippen MR) is 80.6 cm³/mol. The van der Waals surface area contributed by atoms with Gasteiger partial charge in [0.05, 0.1) is 0 Å². The first kappa shape index (κ1) is 13.8. The van der Waals surface area contributed by atoms with Crippen molar-refractivity contribution in [2.24, 2.45) is 0 Å². The lowest BCUT2D eigenvalue weighted by atomic mass is 10.2. The molecule has 1 amide bonds. The summed E-state index contributed by atoms with van der Waals surface area (Å²) in [5.41, 5.74) is 0. The van der Waals surface area contributed by atoms with E-state index in [-0.39, 0.29) is 11.9 Å². The van der Waals surface area contributed by atoms with E-state index in [9.17, 15) is 4.79 Å². The number of hydrogen-bond acceptors (Lipinski definition) is 7. The number of rotatable bonds is 3. The van der Waals surface area contributed by atoms with E-state index in [2.05, 4.69) is 30.5 Å². The van der Waals surface area contributed by atoms with Crippen LogP contribution in [0.5, 0.6) is 0 Å². The van der Waals surface area contributed by atoms with Crippen LogP contribution in [0.15, 0.2) is 0 Å². The van der Waals surface area contributed by atoms with Crippen molar-refractivity contribution in [3.63, 3.8) is 0 Å². The average molecular weight is 291 g/mol. The van der Waals surface area contributed by atoms with Gasteiger partial charge in [-0.1, -0.05) is 0 Å². The van der Waals surface area contributed by atoms with Crippen molar-refractivity contribution in [2.75, 3.05) is 48.3 Å². The Hall–Kier alpha value is -2.12. The van der Waals surface area contributed by atoms with Gasteiger partial charge in [-0.15, -0.1) is 0 Å². The fraction of sp³-hybridized carbons (Fsp3) is 0.692. The second-order valence-corrected chi connectivity index (χ2v) is 5.36. The molecule has 1 atom stereocenters. The van der Waals surface area contributed by atoms with E-state index >= 15 is 0 Å². The van der Waals surface area contributed by atoms with Crippen molar-refractivity contribution in [3.8, 4) is 0 Å². The van der Waals surface area contributed by atoms with Gasteiger partial charge in [0.15, 0.2) is 0 Å². The van der Waals surface area contributed by atoms with Crippen molar-refractivity contribution in [1.29, 1.82) is 0 Å². The minimum atomic E-state index is -0.266. The van der Waals surface area contributed by atoms with Crippen molar-refractivity contribution < 1.29 is 4.79 Å². The smallest absolute Gasteiger partial charge is 0.242 e. The molecule has 0 spiro atoms. The Morgan fingerprint density at radius 1 is 1.14 bits per heavy atom. The molecule has 0 aliphatic carbocycles. The first-order valence-corrected chi connectivity index (χ1v) is 7.42. The zero-order valence-corrected chi connectivity index (χ0v) is 12.5. The molecule has 2 fully saturated rings. The van der Waals surface area contributed by atoms with Gasteiger partial charge in [0, 0.05) is 33.2 Å². The SMILES string of the molecule is CNc1nc(N2CCCC2)nc(N2CCNC(=O)C2C)n1. The first-order valence-electron chi connectivity index (χ1n) is 7.42. The highest BCUT2D eigenvalue weighted by Crippen LogP contribution is 2.22. The van der Waals surface area contributed by atoms with Crippen molar-refractivity contribution in [1.82, 2.24) is 20.3 Å². The second-order valence-electron chi connectivity index (χ2n) is 5.36. The van der Waals surface area contributed by atoms with Gasteiger partial charge in [0.25, 0.3) is 0 Å². The fourth-order valence-electron chi connectivity index (χ4n) is 2.71. The van der Waals surface area contributed by atoms with Gasteiger partial charge in [-0.25, -0.2) is 0 Å². The molecule has 0 saturated carbocycles. The third-order valence-electron chi connectivity index (χ3n) is 3.98. The van der Waals surface area contributed by atoms with Crippen LogP contribution in [-0.2, 0) is 4.79 Å². The third-order valence-corrected chi connectivity index (χ3v) is 3.98. The van der Waals surface area contributed by atoms with E-state index in [0.717, 1.165) is 13.1 Å². The average Bonchev–Trinajstić information content (AvgIpc) is 3.04. The lowest BCUT2D eigenvalue weighted by Gasteiger charge is -2.33. The summed E-state index contributed by atoms with van der Waals surface area (Å²) >= 11 is 0. The van der Waals surface area contributed by atoms with Gasteiger partial charge in [-0.05, 0) is 19.8 Å². The Kier molecular flexibility index (Phi) is 3.76. The fourth-order valence-corrected chi connectivity index (χ4v) is 2.71. The first-order chi connectivity index (χ1) is 10.2. The Morgan fingerprint density at radius 2 is 1.86 bits per heavy atom. The van der Waals surface area contributed by atoms with Crippen LogP contribution < -0.4 is 20.4 Å². The molecule has 3 rings (SSSR count). The summed E-state index contributed by atoms with van der Waals surface area (Å²) in [5.74, 6) is 1.81. The largest absolute Gasteiger partial charge is 0.357 e. The summed E-state index contributed by atoms with van der Waals surface area (Å²) in [7, 11) is 1.79. The molecular weight excluding hydrogens is 270 g/mol. The highest BCUT2D eigenvalue weighted by Gasteiger charge is 2.29. The molecule has 3 heterocycles. The predicted octanol–water partition coefficient (Wildman–Crippen LogP) is -0.162. The molecule has 21 heavy (non-hydrogen) atoms. The maximum atomic E-state index is 11.8. The standard InChI is InChI=1S/C13H21N7O/c1-9-10(21)15-5-8-20(9)13-17-11(14-2)16-12(18-13)19-6-3-4-7-19/h9H,3-8H2,1-2H3,(H,15,21)(H,14,16,17,18). The Bertz CT molecular complexity index is 529. The Balaban J connectivity index is 1.93. The lowest BCUT2D eigenvalue weighted by Crippen LogP contribution is -2.54. The molecule has 2 N–H and O–H groups in total. The molecule has 1 unspecified atom stereocenters. The minimum absolute atomic E-state index is 0.00962. The van der Waals surface area contributed by atoms with Crippen LogP contribution >= 0.6 is 0 Å². The summed E-state index contributed by atoms with van der Waals surface area (Å²) in [6.45, 7) is 5.14. The quantitative estimate of drug-likeness (QED) is 0.800. The van der Waals surface area contributed by atoms with Gasteiger partial charge < -0.3 is 20.4 Å². The summed E-state index contributed by atoms with van der Waals surface area (Å²) in [5, 5.41) is 5.83. The molecule has 0 bridgehead atoms. The maximum Gasteiger partial charge on any atom is 0.242 e. The molecule has 0 aromatic carbocycles. The van der Waals surface area contributed by atoms with Crippen LogP contribution in [-0.4, -0.2) is 60.1 Å². The monoisotopic (exact) mass is 291 g/mol. The molecule has 1 aromatic heterocycles. The van der Waals surface area contributed by atoms with E-state index in [1.807, 2.05) is 11.8 Å². The number of anilines is 3. The van der Waals surface area contributed by atoms with Crippen LogP contribution in [0.2, 0.25) is 0 Å². The second kappa shape index (κ2) is 5.71. The molecule has 8 heteroatoms. The van der Waals surface area contributed by atoms with Crippen molar-refractivity contribution in [3.05, 3.63) is 0 Å². The molecule has 8 nitrogen and oxygen atoms in total. The normalized spacial score (nSPS) is 22.4. The zero-order chi connectivity index (χ0) is 14.8. The number of aromatic nitrogens is 3.